The van der Waals surface area contributed by atoms with Crippen LogP contribution in [0, 0.1) is 0 Å². The van der Waals surface area contributed by atoms with E-state index in [-0.39, 0.29) is 11.6 Å². The van der Waals surface area contributed by atoms with Crippen molar-refractivity contribution < 1.29 is 27.5 Å². The number of oxazole rings is 1. The number of rotatable bonds is 2. The minimum absolute atomic E-state index is 0.123. The highest BCUT2D eigenvalue weighted by Gasteiger charge is 2.40. The van der Waals surface area contributed by atoms with Crippen LogP contribution in [0.1, 0.15) is 40.9 Å². The molecule has 1 aromatic rings. The van der Waals surface area contributed by atoms with Gasteiger partial charge in [0.1, 0.15) is 0 Å². The second-order valence-corrected chi connectivity index (χ2v) is 4.08. The summed E-state index contributed by atoms with van der Waals surface area (Å²) in [7, 11) is 0. The summed E-state index contributed by atoms with van der Waals surface area (Å²) in [6.45, 7) is 1.17. The summed E-state index contributed by atoms with van der Waals surface area (Å²) >= 11 is 0. The molecule has 1 aliphatic rings. The van der Waals surface area contributed by atoms with Crippen LogP contribution in [0.15, 0.2) is 4.42 Å². The first kappa shape index (κ1) is 12.9. The number of piperidine rings is 1. The van der Waals surface area contributed by atoms with Crippen molar-refractivity contribution in [1.29, 1.82) is 0 Å². The zero-order valence-corrected chi connectivity index (χ0v) is 9.25. The van der Waals surface area contributed by atoms with E-state index in [1.807, 2.05) is 0 Å². The van der Waals surface area contributed by atoms with Gasteiger partial charge in [-0.25, -0.2) is 9.78 Å². The molecule has 0 amide bonds. The lowest BCUT2D eigenvalue weighted by molar-refractivity contribution is -0.157. The van der Waals surface area contributed by atoms with Gasteiger partial charge in [-0.3, -0.25) is 0 Å². The summed E-state index contributed by atoms with van der Waals surface area (Å²) in [5.74, 6) is -4.10. The van der Waals surface area contributed by atoms with Crippen molar-refractivity contribution in [2.45, 2.75) is 24.9 Å². The average molecular weight is 264 g/mol. The highest BCUT2D eigenvalue weighted by molar-refractivity contribution is 5.85. The molecule has 0 aromatic carbocycles. The van der Waals surface area contributed by atoms with Gasteiger partial charge in [0.25, 0.3) is 0 Å². The molecule has 1 saturated heterocycles. The average Bonchev–Trinajstić information content (AvgIpc) is 2.74. The van der Waals surface area contributed by atoms with Crippen LogP contribution in [0.4, 0.5) is 13.2 Å². The van der Waals surface area contributed by atoms with Gasteiger partial charge in [-0.15, -0.1) is 0 Å². The predicted molar refractivity (Wildman–Crippen MR) is 53.3 cm³/mol. The zero-order chi connectivity index (χ0) is 13.3. The Kier molecular flexibility index (Phi) is 3.29. The van der Waals surface area contributed by atoms with Gasteiger partial charge in [-0.2, -0.15) is 13.2 Å². The smallest absolute Gasteiger partial charge is 0.468 e. The molecule has 0 aliphatic carbocycles. The number of nitrogens with one attached hydrogen (secondary N) is 1. The lowest BCUT2D eigenvalue weighted by Crippen LogP contribution is -2.29. The van der Waals surface area contributed by atoms with E-state index in [1.54, 1.807) is 0 Å². The van der Waals surface area contributed by atoms with Gasteiger partial charge >= 0.3 is 18.0 Å². The molecule has 0 saturated carbocycles. The quantitative estimate of drug-likeness (QED) is 0.852. The Bertz CT molecular complexity index is 450. The summed E-state index contributed by atoms with van der Waals surface area (Å²) in [5.41, 5.74) is -0.123. The van der Waals surface area contributed by atoms with E-state index >= 15 is 0 Å². The number of hydrogen-bond acceptors (Lipinski definition) is 4. The molecule has 18 heavy (non-hydrogen) atoms. The predicted octanol–water partition coefficient (Wildman–Crippen LogP) is 1.86. The first-order valence-corrected chi connectivity index (χ1v) is 5.41. The molecule has 5 nitrogen and oxygen atoms in total. The molecule has 8 heteroatoms. The fourth-order valence-electron chi connectivity index (χ4n) is 1.97. The summed E-state index contributed by atoms with van der Waals surface area (Å²) in [5, 5.41) is 11.8. The Labute approximate surface area is 100.0 Å². The number of nitrogens with zero attached hydrogens (tertiary/aromatic N) is 1. The van der Waals surface area contributed by atoms with Crippen molar-refractivity contribution in [2.24, 2.45) is 0 Å². The highest BCUT2D eigenvalue weighted by Crippen LogP contribution is 2.33. The first-order valence-electron chi connectivity index (χ1n) is 5.41. The van der Waals surface area contributed by atoms with E-state index in [0.717, 1.165) is 13.0 Å². The molecule has 1 aliphatic heterocycles. The largest absolute Gasteiger partial charge is 0.475 e. The summed E-state index contributed by atoms with van der Waals surface area (Å²) < 4.78 is 41.7. The molecule has 2 heterocycles. The maximum atomic E-state index is 12.4. The van der Waals surface area contributed by atoms with Gasteiger partial charge in [-0.05, 0) is 19.4 Å². The fraction of sp³-hybridized carbons (Fsp3) is 0.600. The van der Waals surface area contributed by atoms with Crippen LogP contribution >= 0.6 is 0 Å². The van der Waals surface area contributed by atoms with Crippen LogP contribution in [0.5, 0.6) is 0 Å². The molecule has 1 fully saturated rings. The van der Waals surface area contributed by atoms with Gasteiger partial charge in [0.05, 0.1) is 5.69 Å². The normalized spacial score (nSPS) is 20.9. The van der Waals surface area contributed by atoms with Crippen molar-refractivity contribution in [1.82, 2.24) is 10.3 Å². The third kappa shape index (κ3) is 2.47. The van der Waals surface area contributed by atoms with Crippen molar-refractivity contribution in [3.05, 3.63) is 17.3 Å². The Morgan fingerprint density at radius 3 is 2.72 bits per heavy atom. The first-order chi connectivity index (χ1) is 8.39. The fourth-order valence-corrected chi connectivity index (χ4v) is 1.97. The highest BCUT2D eigenvalue weighted by atomic mass is 19.4. The van der Waals surface area contributed by atoms with E-state index in [0.29, 0.717) is 13.0 Å². The maximum absolute atomic E-state index is 12.4. The van der Waals surface area contributed by atoms with Gasteiger partial charge in [0.2, 0.25) is 5.76 Å². The number of carboxylic acids is 1. The van der Waals surface area contributed by atoms with Crippen molar-refractivity contribution >= 4 is 5.97 Å². The summed E-state index contributed by atoms with van der Waals surface area (Å²) in [6.07, 6.45) is -3.42. The third-order valence-corrected chi connectivity index (χ3v) is 2.77. The number of carboxylic acid groups (broad SMARTS) is 1. The molecule has 1 unspecified atom stereocenters. The zero-order valence-electron chi connectivity index (χ0n) is 9.25. The molecule has 0 spiro atoms. The Hall–Kier alpha value is -1.57. The van der Waals surface area contributed by atoms with E-state index in [4.69, 9.17) is 5.11 Å². The Balaban J connectivity index is 2.38. The van der Waals surface area contributed by atoms with Gasteiger partial charge < -0.3 is 14.8 Å². The van der Waals surface area contributed by atoms with E-state index < -0.39 is 23.8 Å². The monoisotopic (exact) mass is 264 g/mol. The molecular weight excluding hydrogens is 253 g/mol. The van der Waals surface area contributed by atoms with E-state index in [2.05, 4.69) is 14.7 Å². The van der Waals surface area contributed by atoms with Gasteiger partial charge in [0, 0.05) is 12.5 Å². The lowest BCUT2D eigenvalue weighted by Gasteiger charge is -2.20. The minimum Gasteiger partial charge on any atom is -0.475 e. The lowest BCUT2D eigenvalue weighted by atomic mass is 9.95. The minimum atomic E-state index is -4.77. The molecule has 2 rings (SSSR count). The number of aromatic nitrogens is 1. The van der Waals surface area contributed by atoms with E-state index in [1.165, 1.54) is 0 Å². The van der Waals surface area contributed by atoms with Crippen LogP contribution in [0.2, 0.25) is 0 Å². The van der Waals surface area contributed by atoms with Crippen LogP contribution in [-0.4, -0.2) is 29.1 Å². The molecule has 1 aromatic heterocycles. The molecule has 100 valence electrons. The van der Waals surface area contributed by atoms with Gasteiger partial charge in [0.15, 0.2) is 0 Å². The summed E-state index contributed by atoms with van der Waals surface area (Å²) in [6, 6.07) is 0. The topological polar surface area (TPSA) is 75.4 Å². The maximum Gasteiger partial charge on any atom is 0.468 e. The SMILES string of the molecule is O=C(O)c1oc(C(F)(F)F)nc1C1CCCNC1. The van der Waals surface area contributed by atoms with E-state index in [9.17, 15) is 18.0 Å². The number of hydrogen-bond donors (Lipinski definition) is 2. The Morgan fingerprint density at radius 2 is 2.22 bits per heavy atom. The molecular formula is C10H11F3N2O3. The van der Waals surface area contributed by atoms with Crippen LogP contribution in [0.3, 0.4) is 0 Å². The number of halogens is 3. The standard InChI is InChI=1S/C10H11F3N2O3/c11-10(12,13)9-15-6(7(18-9)8(16)17)5-2-1-3-14-4-5/h5,14H,1-4H2,(H,16,17). The summed E-state index contributed by atoms with van der Waals surface area (Å²) in [4.78, 5) is 14.2. The van der Waals surface area contributed by atoms with Gasteiger partial charge in [-0.1, -0.05) is 0 Å². The molecule has 1 atom stereocenters. The van der Waals surface area contributed by atoms with Crippen LogP contribution < -0.4 is 5.32 Å². The van der Waals surface area contributed by atoms with Crippen LogP contribution in [0.25, 0.3) is 0 Å². The Morgan fingerprint density at radius 1 is 1.50 bits per heavy atom. The molecule has 0 radical (unpaired) electrons. The van der Waals surface area contributed by atoms with Crippen molar-refractivity contribution in [2.75, 3.05) is 13.1 Å². The third-order valence-electron chi connectivity index (χ3n) is 2.77. The van der Waals surface area contributed by atoms with Crippen molar-refractivity contribution in [3.63, 3.8) is 0 Å². The van der Waals surface area contributed by atoms with Crippen LogP contribution in [-0.2, 0) is 6.18 Å². The number of alkyl halides is 3. The number of carbonyl (C=O) groups is 1. The second kappa shape index (κ2) is 4.60. The second-order valence-electron chi connectivity index (χ2n) is 4.08. The number of aromatic carboxylic acids is 1. The molecule has 0 bridgehead atoms. The molecule has 2 N–H and O–H groups in total. The van der Waals surface area contributed by atoms with Crippen molar-refractivity contribution in [3.8, 4) is 0 Å².